The van der Waals surface area contributed by atoms with Gasteiger partial charge in [0.1, 0.15) is 0 Å². The van der Waals surface area contributed by atoms with Crippen molar-refractivity contribution in [2.45, 2.75) is 32.4 Å². The van der Waals surface area contributed by atoms with E-state index in [2.05, 4.69) is 71.7 Å². The zero-order valence-electron chi connectivity index (χ0n) is 13.5. The monoisotopic (exact) mass is 294 g/mol. The molecule has 1 fully saturated rings. The average Bonchev–Trinajstić information content (AvgIpc) is 2.76. The van der Waals surface area contributed by atoms with Crippen molar-refractivity contribution in [2.24, 2.45) is 0 Å². The van der Waals surface area contributed by atoms with Gasteiger partial charge in [0.25, 0.3) is 0 Å². The summed E-state index contributed by atoms with van der Waals surface area (Å²) in [6, 6.07) is 20.4. The summed E-state index contributed by atoms with van der Waals surface area (Å²) < 4.78 is 0. The summed E-state index contributed by atoms with van der Waals surface area (Å²) in [5.41, 5.74) is 4.19. The zero-order valence-corrected chi connectivity index (χ0v) is 13.5. The number of hydrogen-bond acceptors (Lipinski definition) is 2. The Morgan fingerprint density at radius 1 is 1.00 bits per heavy atom. The third-order valence-electron chi connectivity index (χ3n) is 4.52. The van der Waals surface area contributed by atoms with E-state index < -0.39 is 0 Å². The topological polar surface area (TPSA) is 15.3 Å². The van der Waals surface area contributed by atoms with Gasteiger partial charge in [-0.2, -0.15) is 0 Å². The van der Waals surface area contributed by atoms with E-state index in [1.165, 1.54) is 29.7 Å². The highest BCUT2D eigenvalue weighted by Gasteiger charge is 2.21. The predicted molar refractivity (Wildman–Crippen MR) is 93.0 cm³/mol. The molecule has 1 unspecified atom stereocenters. The Bertz CT molecular complexity index is 562. The smallest absolute Gasteiger partial charge is 0.0264 e. The first-order valence-electron chi connectivity index (χ1n) is 8.35. The standard InChI is InChI=1S/C20H26N2/c1-17-8-10-19(11-9-17)16-22-13-5-12-21-15-20(22)14-18-6-3-2-4-7-18/h2-4,6-11,20-21H,5,12-16H2,1H3. The third-order valence-corrected chi connectivity index (χ3v) is 4.52. The molecule has 0 amide bonds. The molecule has 0 spiro atoms. The molecule has 0 saturated carbocycles. The summed E-state index contributed by atoms with van der Waals surface area (Å²) in [5.74, 6) is 0. The molecule has 3 rings (SSSR count). The normalized spacial score (nSPS) is 19.8. The highest BCUT2D eigenvalue weighted by molar-refractivity contribution is 5.22. The van der Waals surface area contributed by atoms with Crippen molar-refractivity contribution in [1.82, 2.24) is 10.2 Å². The Morgan fingerprint density at radius 3 is 2.55 bits per heavy atom. The minimum atomic E-state index is 0.575. The number of aryl methyl sites for hydroxylation is 1. The van der Waals surface area contributed by atoms with Crippen LogP contribution in [0.4, 0.5) is 0 Å². The fourth-order valence-corrected chi connectivity index (χ4v) is 3.21. The van der Waals surface area contributed by atoms with Gasteiger partial charge in [-0.3, -0.25) is 4.90 Å². The maximum Gasteiger partial charge on any atom is 0.0264 e. The molecule has 1 heterocycles. The highest BCUT2D eigenvalue weighted by Crippen LogP contribution is 2.15. The molecular weight excluding hydrogens is 268 g/mol. The van der Waals surface area contributed by atoms with E-state index in [1.807, 2.05) is 0 Å². The minimum Gasteiger partial charge on any atom is -0.315 e. The van der Waals surface area contributed by atoms with Crippen LogP contribution in [0.3, 0.4) is 0 Å². The number of nitrogens with zero attached hydrogens (tertiary/aromatic N) is 1. The lowest BCUT2D eigenvalue weighted by Crippen LogP contribution is -2.40. The summed E-state index contributed by atoms with van der Waals surface area (Å²) in [6.45, 7) is 6.60. The Balaban J connectivity index is 1.71. The largest absolute Gasteiger partial charge is 0.315 e. The van der Waals surface area contributed by atoms with Crippen LogP contribution in [0, 0.1) is 6.92 Å². The Kier molecular flexibility index (Phi) is 5.25. The molecule has 1 saturated heterocycles. The Morgan fingerprint density at radius 2 is 1.77 bits per heavy atom. The molecule has 0 radical (unpaired) electrons. The quantitative estimate of drug-likeness (QED) is 0.929. The van der Waals surface area contributed by atoms with Gasteiger partial charge in [-0.05, 0) is 37.4 Å². The van der Waals surface area contributed by atoms with Crippen molar-refractivity contribution in [2.75, 3.05) is 19.6 Å². The molecular formula is C20H26N2. The van der Waals surface area contributed by atoms with Crippen LogP contribution in [0.15, 0.2) is 54.6 Å². The molecule has 2 heteroatoms. The maximum atomic E-state index is 3.60. The van der Waals surface area contributed by atoms with Crippen molar-refractivity contribution in [1.29, 1.82) is 0 Å². The lowest BCUT2D eigenvalue weighted by atomic mass is 10.0. The molecule has 1 aliphatic rings. The van der Waals surface area contributed by atoms with Crippen molar-refractivity contribution in [3.63, 3.8) is 0 Å². The van der Waals surface area contributed by atoms with Crippen LogP contribution in [0.5, 0.6) is 0 Å². The van der Waals surface area contributed by atoms with Crippen LogP contribution in [0.25, 0.3) is 0 Å². The second-order valence-corrected chi connectivity index (χ2v) is 6.36. The van der Waals surface area contributed by atoms with Crippen molar-refractivity contribution >= 4 is 0 Å². The summed E-state index contributed by atoms with van der Waals surface area (Å²) in [7, 11) is 0. The van der Waals surface area contributed by atoms with E-state index in [9.17, 15) is 0 Å². The molecule has 1 atom stereocenters. The maximum absolute atomic E-state index is 3.60. The second kappa shape index (κ2) is 7.57. The number of hydrogen-bond donors (Lipinski definition) is 1. The number of rotatable bonds is 4. The van der Waals surface area contributed by atoms with Gasteiger partial charge in [-0.15, -0.1) is 0 Å². The first-order chi connectivity index (χ1) is 10.8. The van der Waals surface area contributed by atoms with Crippen LogP contribution in [0.1, 0.15) is 23.1 Å². The lowest BCUT2D eigenvalue weighted by Gasteiger charge is -2.30. The van der Waals surface area contributed by atoms with Gasteiger partial charge in [-0.25, -0.2) is 0 Å². The fourth-order valence-electron chi connectivity index (χ4n) is 3.21. The molecule has 1 N–H and O–H groups in total. The number of nitrogens with one attached hydrogen (secondary N) is 1. The molecule has 116 valence electrons. The molecule has 0 bridgehead atoms. The van der Waals surface area contributed by atoms with Crippen LogP contribution < -0.4 is 5.32 Å². The van der Waals surface area contributed by atoms with Gasteiger partial charge in [0.2, 0.25) is 0 Å². The predicted octanol–water partition coefficient (Wildman–Crippen LogP) is 3.40. The van der Waals surface area contributed by atoms with Gasteiger partial charge in [-0.1, -0.05) is 60.2 Å². The first-order valence-corrected chi connectivity index (χ1v) is 8.35. The first kappa shape index (κ1) is 15.3. The molecule has 2 nitrogen and oxygen atoms in total. The summed E-state index contributed by atoms with van der Waals surface area (Å²) in [4.78, 5) is 2.65. The van der Waals surface area contributed by atoms with Gasteiger partial charge < -0.3 is 5.32 Å². The molecule has 22 heavy (non-hydrogen) atoms. The Hall–Kier alpha value is -1.64. The molecule has 1 aliphatic heterocycles. The van der Waals surface area contributed by atoms with E-state index in [0.29, 0.717) is 6.04 Å². The van der Waals surface area contributed by atoms with Gasteiger partial charge >= 0.3 is 0 Å². The molecule has 2 aromatic rings. The van der Waals surface area contributed by atoms with Crippen molar-refractivity contribution < 1.29 is 0 Å². The Labute approximate surface area is 134 Å². The molecule has 2 aromatic carbocycles. The summed E-state index contributed by atoms with van der Waals surface area (Å²) >= 11 is 0. The minimum absolute atomic E-state index is 0.575. The fraction of sp³-hybridized carbons (Fsp3) is 0.400. The van der Waals surface area contributed by atoms with Crippen molar-refractivity contribution in [3.05, 3.63) is 71.3 Å². The summed E-state index contributed by atoms with van der Waals surface area (Å²) in [6.07, 6.45) is 2.36. The van der Waals surface area contributed by atoms with Crippen LogP contribution >= 0.6 is 0 Å². The summed E-state index contributed by atoms with van der Waals surface area (Å²) in [5, 5.41) is 3.60. The SMILES string of the molecule is Cc1ccc(CN2CCCNCC2Cc2ccccc2)cc1. The second-order valence-electron chi connectivity index (χ2n) is 6.36. The highest BCUT2D eigenvalue weighted by atomic mass is 15.2. The number of benzene rings is 2. The van der Waals surface area contributed by atoms with E-state index in [0.717, 1.165) is 26.1 Å². The van der Waals surface area contributed by atoms with E-state index in [4.69, 9.17) is 0 Å². The van der Waals surface area contributed by atoms with E-state index in [1.54, 1.807) is 0 Å². The van der Waals surface area contributed by atoms with Crippen molar-refractivity contribution in [3.8, 4) is 0 Å². The van der Waals surface area contributed by atoms with E-state index >= 15 is 0 Å². The van der Waals surface area contributed by atoms with Crippen LogP contribution in [-0.2, 0) is 13.0 Å². The average molecular weight is 294 g/mol. The molecule has 0 aliphatic carbocycles. The van der Waals surface area contributed by atoms with Gasteiger partial charge in [0.15, 0.2) is 0 Å². The van der Waals surface area contributed by atoms with E-state index in [-0.39, 0.29) is 0 Å². The van der Waals surface area contributed by atoms with Crippen LogP contribution in [0.2, 0.25) is 0 Å². The molecule has 0 aromatic heterocycles. The lowest BCUT2D eigenvalue weighted by molar-refractivity contribution is 0.199. The van der Waals surface area contributed by atoms with Gasteiger partial charge in [0, 0.05) is 25.7 Å². The van der Waals surface area contributed by atoms with Crippen LogP contribution in [-0.4, -0.2) is 30.6 Å². The van der Waals surface area contributed by atoms with Gasteiger partial charge in [0.05, 0.1) is 0 Å². The third kappa shape index (κ3) is 4.19. The zero-order chi connectivity index (χ0) is 15.2.